The predicted octanol–water partition coefficient (Wildman–Crippen LogP) is 3.51. The molecule has 2 amide bonds. The average molecular weight is 396 g/mol. The summed E-state index contributed by atoms with van der Waals surface area (Å²) in [5.74, 6) is 0.435. The van der Waals surface area contributed by atoms with Crippen molar-refractivity contribution in [3.8, 4) is 11.5 Å². The highest BCUT2D eigenvalue weighted by molar-refractivity contribution is 6.00. The number of benzene rings is 2. The molecule has 0 spiro atoms. The third-order valence-electron chi connectivity index (χ3n) is 5.18. The molecule has 0 saturated carbocycles. The van der Waals surface area contributed by atoms with Crippen LogP contribution in [0.3, 0.4) is 0 Å². The molecule has 2 N–H and O–H groups in total. The van der Waals surface area contributed by atoms with Crippen LogP contribution in [0, 0.1) is 13.8 Å². The van der Waals surface area contributed by atoms with Gasteiger partial charge in [-0.25, -0.2) is 0 Å². The Bertz CT molecular complexity index is 923. The highest BCUT2D eigenvalue weighted by atomic mass is 16.5. The Kier molecular flexibility index (Phi) is 6.42. The fraction of sp³-hybridized carbons (Fsp3) is 0.391. The van der Waals surface area contributed by atoms with Crippen molar-refractivity contribution in [3.63, 3.8) is 0 Å². The normalized spacial score (nSPS) is 13.0. The molecule has 0 aliphatic carbocycles. The van der Waals surface area contributed by atoms with Crippen LogP contribution in [0.1, 0.15) is 46.8 Å². The summed E-state index contributed by atoms with van der Waals surface area (Å²) in [5.41, 5.74) is 3.88. The number of rotatable bonds is 6. The second-order valence-corrected chi connectivity index (χ2v) is 7.46. The number of carbonyl (C=O) groups excluding carboxylic acids is 2. The van der Waals surface area contributed by atoms with E-state index in [1.807, 2.05) is 26.0 Å². The van der Waals surface area contributed by atoms with Crippen LogP contribution >= 0.6 is 0 Å². The molecule has 29 heavy (non-hydrogen) atoms. The number of carbonyl (C=O) groups is 2. The van der Waals surface area contributed by atoms with Crippen molar-refractivity contribution in [2.75, 3.05) is 24.6 Å². The number of phenolic OH excluding ortho intramolecular Hbond substituents is 1. The van der Waals surface area contributed by atoms with Gasteiger partial charge in [0, 0.05) is 25.6 Å². The van der Waals surface area contributed by atoms with Gasteiger partial charge < -0.3 is 20.1 Å². The molecule has 6 heteroatoms. The fourth-order valence-electron chi connectivity index (χ4n) is 3.68. The first-order chi connectivity index (χ1) is 13.9. The summed E-state index contributed by atoms with van der Waals surface area (Å²) in [6, 6.07) is 9.36. The van der Waals surface area contributed by atoms with Crippen molar-refractivity contribution in [1.29, 1.82) is 0 Å². The lowest BCUT2D eigenvalue weighted by molar-refractivity contribution is -0.116. The molecule has 2 aromatic carbocycles. The maximum atomic E-state index is 12.5. The van der Waals surface area contributed by atoms with Gasteiger partial charge in [-0.15, -0.1) is 0 Å². The predicted molar refractivity (Wildman–Crippen MR) is 113 cm³/mol. The Labute approximate surface area is 171 Å². The zero-order valence-corrected chi connectivity index (χ0v) is 17.2. The molecule has 1 heterocycles. The van der Waals surface area contributed by atoms with Crippen molar-refractivity contribution < 1.29 is 19.4 Å². The molecule has 0 saturated heterocycles. The van der Waals surface area contributed by atoms with Crippen LogP contribution in [0.15, 0.2) is 30.3 Å². The lowest BCUT2D eigenvalue weighted by Crippen LogP contribution is -2.34. The zero-order chi connectivity index (χ0) is 21.0. The van der Waals surface area contributed by atoms with Gasteiger partial charge in [-0.2, -0.15) is 0 Å². The number of aryl methyl sites for hydroxylation is 2. The van der Waals surface area contributed by atoms with Gasteiger partial charge in [0.05, 0.1) is 17.9 Å². The van der Waals surface area contributed by atoms with Gasteiger partial charge in [-0.3, -0.25) is 9.59 Å². The van der Waals surface area contributed by atoms with Gasteiger partial charge in [0.1, 0.15) is 11.5 Å². The minimum absolute atomic E-state index is 0.0301. The van der Waals surface area contributed by atoms with Crippen LogP contribution in [-0.2, 0) is 11.2 Å². The summed E-state index contributed by atoms with van der Waals surface area (Å²) >= 11 is 0. The first-order valence-corrected chi connectivity index (χ1v) is 9.99. The van der Waals surface area contributed by atoms with Gasteiger partial charge in [-0.1, -0.05) is 17.7 Å². The number of fused-ring (bicyclic) bond motifs is 1. The third kappa shape index (κ3) is 4.70. The number of aromatic hydroxyl groups is 1. The van der Waals surface area contributed by atoms with E-state index in [1.165, 1.54) is 12.5 Å². The number of nitrogens with one attached hydrogen (secondary N) is 1. The number of ether oxygens (including phenoxy) is 1. The van der Waals surface area contributed by atoms with Gasteiger partial charge in [0.25, 0.3) is 5.91 Å². The molecule has 0 aromatic heterocycles. The zero-order valence-electron chi connectivity index (χ0n) is 17.2. The Morgan fingerprint density at radius 2 is 2.00 bits per heavy atom. The summed E-state index contributed by atoms with van der Waals surface area (Å²) in [7, 11) is 0. The SMILES string of the molecule is CC(=O)N1CCCc2c1ccc(C(=O)NCCCOc1ccc(C)cc1C)c2O. The average Bonchev–Trinajstić information content (AvgIpc) is 2.69. The van der Waals surface area contributed by atoms with Crippen LogP contribution < -0.4 is 15.0 Å². The molecule has 0 atom stereocenters. The van der Waals surface area contributed by atoms with Crippen molar-refractivity contribution in [2.24, 2.45) is 0 Å². The van der Waals surface area contributed by atoms with Crippen molar-refractivity contribution in [3.05, 3.63) is 52.6 Å². The van der Waals surface area contributed by atoms with E-state index in [0.29, 0.717) is 43.8 Å². The molecule has 0 radical (unpaired) electrons. The van der Waals surface area contributed by atoms with E-state index < -0.39 is 0 Å². The van der Waals surface area contributed by atoms with Crippen molar-refractivity contribution >= 4 is 17.5 Å². The molecular weight excluding hydrogens is 368 g/mol. The number of amides is 2. The minimum atomic E-state index is -0.322. The van der Waals surface area contributed by atoms with E-state index in [9.17, 15) is 14.7 Å². The molecule has 154 valence electrons. The maximum absolute atomic E-state index is 12.5. The lowest BCUT2D eigenvalue weighted by atomic mass is 9.97. The monoisotopic (exact) mass is 396 g/mol. The molecule has 6 nitrogen and oxygen atoms in total. The number of phenols is 1. The van der Waals surface area contributed by atoms with E-state index in [1.54, 1.807) is 17.0 Å². The maximum Gasteiger partial charge on any atom is 0.255 e. The van der Waals surface area contributed by atoms with Crippen LogP contribution in [0.5, 0.6) is 11.5 Å². The number of nitrogens with zero attached hydrogens (tertiary/aromatic N) is 1. The summed E-state index contributed by atoms with van der Waals surface area (Å²) < 4.78 is 5.77. The van der Waals surface area contributed by atoms with E-state index in [0.717, 1.165) is 17.7 Å². The molecule has 0 unspecified atom stereocenters. The van der Waals surface area contributed by atoms with E-state index >= 15 is 0 Å². The lowest BCUT2D eigenvalue weighted by Gasteiger charge is -2.29. The van der Waals surface area contributed by atoms with Gasteiger partial charge in [0.15, 0.2) is 0 Å². The van der Waals surface area contributed by atoms with Crippen LogP contribution in [0.4, 0.5) is 5.69 Å². The second kappa shape index (κ2) is 8.99. The molecular formula is C23H28N2O4. The second-order valence-electron chi connectivity index (χ2n) is 7.46. The summed E-state index contributed by atoms with van der Waals surface area (Å²) in [6.45, 7) is 7.13. The van der Waals surface area contributed by atoms with Crippen molar-refractivity contribution in [2.45, 2.75) is 40.0 Å². The largest absolute Gasteiger partial charge is 0.507 e. The van der Waals surface area contributed by atoms with Gasteiger partial charge >= 0.3 is 0 Å². The molecule has 0 bridgehead atoms. The molecule has 2 aromatic rings. The topological polar surface area (TPSA) is 78.9 Å². The van der Waals surface area contributed by atoms with Gasteiger partial charge in [0.2, 0.25) is 5.91 Å². The Hall–Kier alpha value is -3.02. The molecule has 0 fully saturated rings. The fourth-order valence-corrected chi connectivity index (χ4v) is 3.68. The molecule has 1 aliphatic rings. The third-order valence-corrected chi connectivity index (χ3v) is 5.18. The summed E-state index contributed by atoms with van der Waals surface area (Å²) in [5, 5.41) is 13.4. The van der Waals surface area contributed by atoms with E-state index in [-0.39, 0.29) is 23.1 Å². The number of hydrogen-bond acceptors (Lipinski definition) is 4. The smallest absolute Gasteiger partial charge is 0.255 e. The Morgan fingerprint density at radius 1 is 1.21 bits per heavy atom. The van der Waals surface area contributed by atoms with E-state index in [2.05, 4.69) is 11.4 Å². The Morgan fingerprint density at radius 3 is 2.72 bits per heavy atom. The Balaban J connectivity index is 1.55. The van der Waals surface area contributed by atoms with Crippen molar-refractivity contribution in [1.82, 2.24) is 5.32 Å². The summed E-state index contributed by atoms with van der Waals surface area (Å²) in [4.78, 5) is 25.9. The standard InChI is InChI=1S/C23H28N2O4/c1-15-7-10-21(16(2)14-15)29-13-5-11-24-23(28)19-8-9-20-18(22(19)27)6-4-12-25(20)17(3)26/h7-10,14,27H,4-6,11-13H2,1-3H3,(H,24,28). The highest BCUT2D eigenvalue weighted by Crippen LogP contribution is 2.36. The van der Waals surface area contributed by atoms with E-state index in [4.69, 9.17) is 4.74 Å². The van der Waals surface area contributed by atoms with Crippen LogP contribution in [-0.4, -0.2) is 36.6 Å². The quantitative estimate of drug-likeness (QED) is 0.733. The minimum Gasteiger partial charge on any atom is -0.507 e. The summed E-state index contributed by atoms with van der Waals surface area (Å²) in [6.07, 6.45) is 2.07. The highest BCUT2D eigenvalue weighted by Gasteiger charge is 2.25. The first-order valence-electron chi connectivity index (χ1n) is 9.99. The van der Waals surface area contributed by atoms with Crippen LogP contribution in [0.2, 0.25) is 0 Å². The number of hydrogen-bond donors (Lipinski definition) is 2. The van der Waals surface area contributed by atoms with Crippen LogP contribution in [0.25, 0.3) is 0 Å². The first kappa shape index (κ1) is 20.7. The number of anilines is 1. The van der Waals surface area contributed by atoms with Gasteiger partial charge in [-0.05, 0) is 56.9 Å². The molecule has 1 aliphatic heterocycles. The molecule has 3 rings (SSSR count).